The Bertz CT molecular complexity index is 829. The van der Waals surface area contributed by atoms with Crippen LogP contribution in [0.5, 0.6) is 5.75 Å². The lowest BCUT2D eigenvalue weighted by Gasteiger charge is -2.26. The standard InChI is InChI=1S/C22H35N5O7/c1-12(24)19(30)25-16(5-3-4-10-23)20(31)27-18(13(2)28)21(32)26-17(22(33)34)11-14-6-8-15(29)9-7-14/h6-9,12-13,16-18,28-29H,3-5,10-11,23-24H2,1-2H3,(H,25,30)(H,26,32)(H,27,31)(H,33,34). The molecule has 5 unspecified atom stereocenters. The minimum atomic E-state index is -1.47. The summed E-state index contributed by atoms with van der Waals surface area (Å²) in [5.74, 6) is -3.51. The van der Waals surface area contributed by atoms with Crippen molar-refractivity contribution >= 4 is 23.7 Å². The molecule has 0 heterocycles. The first-order valence-corrected chi connectivity index (χ1v) is 11.0. The van der Waals surface area contributed by atoms with E-state index in [1.54, 1.807) is 0 Å². The summed E-state index contributed by atoms with van der Waals surface area (Å²) in [5, 5.41) is 36.2. The molecule has 0 aliphatic carbocycles. The Labute approximate surface area is 198 Å². The van der Waals surface area contributed by atoms with E-state index in [-0.39, 0.29) is 18.6 Å². The van der Waals surface area contributed by atoms with Crippen LogP contribution in [-0.4, -0.2) is 75.8 Å². The average molecular weight is 482 g/mol. The van der Waals surface area contributed by atoms with E-state index in [4.69, 9.17) is 11.5 Å². The molecule has 0 aliphatic rings. The summed E-state index contributed by atoms with van der Waals surface area (Å²) >= 11 is 0. The molecule has 12 nitrogen and oxygen atoms in total. The molecule has 12 heteroatoms. The highest BCUT2D eigenvalue weighted by molar-refractivity contribution is 5.94. The second-order valence-electron chi connectivity index (χ2n) is 8.13. The van der Waals surface area contributed by atoms with Gasteiger partial charge in [-0.05, 0) is 57.4 Å². The molecule has 0 aromatic heterocycles. The lowest BCUT2D eigenvalue weighted by Crippen LogP contribution is -2.59. The Morgan fingerprint density at radius 3 is 2.00 bits per heavy atom. The molecule has 10 N–H and O–H groups in total. The second-order valence-corrected chi connectivity index (χ2v) is 8.13. The van der Waals surface area contributed by atoms with Crippen molar-refractivity contribution in [3.8, 4) is 5.75 Å². The normalized spacial score (nSPS) is 15.3. The molecule has 34 heavy (non-hydrogen) atoms. The number of aromatic hydroxyl groups is 1. The van der Waals surface area contributed by atoms with E-state index in [0.717, 1.165) is 0 Å². The summed E-state index contributed by atoms with van der Waals surface area (Å²) in [6.45, 7) is 3.12. The highest BCUT2D eigenvalue weighted by Crippen LogP contribution is 2.12. The van der Waals surface area contributed by atoms with Crippen molar-refractivity contribution in [2.24, 2.45) is 11.5 Å². The zero-order valence-electron chi connectivity index (χ0n) is 19.4. The Morgan fingerprint density at radius 2 is 1.50 bits per heavy atom. The Kier molecular flexibility index (Phi) is 12.0. The van der Waals surface area contributed by atoms with E-state index in [9.17, 15) is 34.5 Å². The van der Waals surface area contributed by atoms with E-state index in [2.05, 4.69) is 16.0 Å². The van der Waals surface area contributed by atoms with Gasteiger partial charge in [-0.3, -0.25) is 14.4 Å². The second kappa shape index (κ2) is 14.1. The zero-order chi connectivity index (χ0) is 25.8. The number of aliphatic carboxylic acids is 1. The van der Waals surface area contributed by atoms with Gasteiger partial charge < -0.3 is 42.7 Å². The van der Waals surface area contributed by atoms with Crippen LogP contribution in [0.2, 0.25) is 0 Å². The third kappa shape index (κ3) is 9.73. The summed E-state index contributed by atoms with van der Waals surface area (Å²) in [5.41, 5.74) is 11.6. The van der Waals surface area contributed by atoms with Gasteiger partial charge in [0.05, 0.1) is 12.1 Å². The number of phenolic OH excluding ortho intramolecular Hbond substituents is 1. The minimum Gasteiger partial charge on any atom is -0.508 e. The first-order chi connectivity index (χ1) is 16.0. The van der Waals surface area contributed by atoms with E-state index in [1.165, 1.54) is 38.1 Å². The number of rotatable bonds is 14. The summed E-state index contributed by atoms with van der Waals surface area (Å²) < 4.78 is 0. The molecule has 1 aromatic carbocycles. The summed E-state index contributed by atoms with van der Waals surface area (Å²) in [6, 6.07) is 1.08. The van der Waals surface area contributed by atoms with E-state index >= 15 is 0 Å². The number of hydrogen-bond acceptors (Lipinski definition) is 8. The van der Waals surface area contributed by atoms with Crippen LogP contribution in [-0.2, 0) is 25.6 Å². The highest BCUT2D eigenvalue weighted by Gasteiger charge is 2.32. The zero-order valence-corrected chi connectivity index (χ0v) is 19.4. The van der Waals surface area contributed by atoms with Crippen molar-refractivity contribution in [1.82, 2.24) is 16.0 Å². The van der Waals surface area contributed by atoms with Gasteiger partial charge in [0.15, 0.2) is 0 Å². The van der Waals surface area contributed by atoms with Crippen LogP contribution < -0.4 is 27.4 Å². The van der Waals surface area contributed by atoms with Crippen molar-refractivity contribution in [3.05, 3.63) is 29.8 Å². The van der Waals surface area contributed by atoms with Crippen LogP contribution in [0.15, 0.2) is 24.3 Å². The molecule has 1 rings (SSSR count). The first kappa shape index (κ1) is 28.8. The number of carboxylic acids is 1. The number of carbonyl (C=O) groups excluding carboxylic acids is 3. The van der Waals surface area contributed by atoms with Gasteiger partial charge in [0, 0.05) is 6.42 Å². The highest BCUT2D eigenvalue weighted by atomic mass is 16.4. The topological polar surface area (TPSA) is 217 Å². The summed E-state index contributed by atoms with van der Waals surface area (Å²) in [7, 11) is 0. The third-order valence-corrected chi connectivity index (χ3v) is 5.05. The Hall–Kier alpha value is -3.22. The molecule has 3 amide bonds. The number of aliphatic hydroxyl groups excluding tert-OH is 1. The van der Waals surface area contributed by atoms with Crippen molar-refractivity contribution < 1.29 is 34.5 Å². The fraction of sp³-hybridized carbons (Fsp3) is 0.545. The van der Waals surface area contributed by atoms with Gasteiger partial charge in [-0.15, -0.1) is 0 Å². The van der Waals surface area contributed by atoms with Gasteiger partial charge in [0.2, 0.25) is 17.7 Å². The van der Waals surface area contributed by atoms with Gasteiger partial charge in [0.25, 0.3) is 0 Å². The Balaban J connectivity index is 2.93. The lowest BCUT2D eigenvalue weighted by atomic mass is 10.0. The van der Waals surface area contributed by atoms with Crippen molar-refractivity contribution in [2.75, 3.05) is 6.54 Å². The predicted molar refractivity (Wildman–Crippen MR) is 123 cm³/mol. The molecule has 1 aromatic rings. The molecule has 0 aliphatic heterocycles. The molecular weight excluding hydrogens is 446 g/mol. The molecule has 0 spiro atoms. The molecule has 0 saturated heterocycles. The number of benzene rings is 1. The quantitative estimate of drug-likeness (QED) is 0.142. The van der Waals surface area contributed by atoms with Gasteiger partial charge in [0.1, 0.15) is 23.9 Å². The van der Waals surface area contributed by atoms with Crippen LogP contribution in [0, 0.1) is 0 Å². The smallest absolute Gasteiger partial charge is 0.326 e. The number of nitrogens with two attached hydrogens (primary N) is 2. The largest absolute Gasteiger partial charge is 0.508 e. The molecule has 0 radical (unpaired) electrons. The van der Waals surface area contributed by atoms with Crippen LogP contribution in [0.3, 0.4) is 0 Å². The van der Waals surface area contributed by atoms with Gasteiger partial charge in [-0.25, -0.2) is 4.79 Å². The third-order valence-electron chi connectivity index (χ3n) is 5.05. The minimum absolute atomic E-state index is 0.00804. The van der Waals surface area contributed by atoms with Crippen LogP contribution in [0.4, 0.5) is 0 Å². The van der Waals surface area contributed by atoms with Gasteiger partial charge >= 0.3 is 5.97 Å². The van der Waals surface area contributed by atoms with E-state index in [0.29, 0.717) is 24.9 Å². The number of carboxylic acid groups (broad SMARTS) is 1. The number of unbranched alkanes of at least 4 members (excludes halogenated alkanes) is 1. The molecule has 0 bridgehead atoms. The van der Waals surface area contributed by atoms with E-state index in [1.807, 2.05) is 0 Å². The number of nitrogens with one attached hydrogen (secondary N) is 3. The maximum Gasteiger partial charge on any atom is 0.326 e. The maximum atomic E-state index is 12.8. The summed E-state index contributed by atoms with van der Waals surface area (Å²) in [6.07, 6.45) is -0.0914. The number of carbonyl (C=O) groups is 4. The van der Waals surface area contributed by atoms with Crippen molar-refractivity contribution in [2.45, 2.75) is 69.8 Å². The Morgan fingerprint density at radius 1 is 0.912 bits per heavy atom. The maximum absolute atomic E-state index is 12.8. The molecule has 5 atom stereocenters. The summed E-state index contributed by atoms with van der Waals surface area (Å²) in [4.78, 5) is 49.3. The number of aliphatic hydroxyl groups is 1. The SMILES string of the molecule is CC(N)C(=O)NC(CCCCN)C(=O)NC(C(=O)NC(Cc1ccc(O)cc1)C(=O)O)C(C)O. The van der Waals surface area contributed by atoms with Crippen LogP contribution >= 0.6 is 0 Å². The lowest BCUT2D eigenvalue weighted by molar-refractivity contribution is -0.143. The number of phenols is 1. The van der Waals surface area contributed by atoms with Crippen molar-refractivity contribution in [3.63, 3.8) is 0 Å². The fourth-order valence-corrected chi connectivity index (χ4v) is 3.05. The van der Waals surface area contributed by atoms with Gasteiger partial charge in [-0.1, -0.05) is 12.1 Å². The first-order valence-electron chi connectivity index (χ1n) is 11.0. The molecule has 0 saturated carbocycles. The van der Waals surface area contributed by atoms with Gasteiger partial charge in [-0.2, -0.15) is 0 Å². The van der Waals surface area contributed by atoms with Crippen LogP contribution in [0.1, 0.15) is 38.7 Å². The van der Waals surface area contributed by atoms with Crippen LogP contribution in [0.25, 0.3) is 0 Å². The number of amides is 3. The van der Waals surface area contributed by atoms with Crippen molar-refractivity contribution in [1.29, 1.82) is 0 Å². The predicted octanol–water partition coefficient (Wildman–Crippen LogP) is -1.67. The molecular formula is C22H35N5O7. The van der Waals surface area contributed by atoms with E-state index < -0.39 is 54.0 Å². The average Bonchev–Trinajstić information content (AvgIpc) is 2.77. The molecule has 0 fully saturated rings. The monoisotopic (exact) mass is 481 g/mol. The number of hydrogen-bond donors (Lipinski definition) is 8. The molecule has 190 valence electrons. The fourth-order valence-electron chi connectivity index (χ4n) is 3.05.